The predicted octanol–water partition coefficient (Wildman–Crippen LogP) is 2.03. The van der Waals surface area contributed by atoms with Gasteiger partial charge in [-0.2, -0.15) is 0 Å². The van der Waals surface area contributed by atoms with Crippen LogP contribution in [0.15, 0.2) is 65.7 Å². The van der Waals surface area contributed by atoms with E-state index in [9.17, 15) is 0 Å². The van der Waals surface area contributed by atoms with Crippen LogP contribution < -0.4 is 11.5 Å². The molecule has 0 saturated carbocycles. The molecule has 102 valence electrons. The van der Waals surface area contributed by atoms with E-state index in [1.165, 1.54) is 4.90 Å². The van der Waals surface area contributed by atoms with Crippen molar-refractivity contribution < 1.29 is 0 Å². The fourth-order valence-corrected chi connectivity index (χ4v) is 1.75. The minimum atomic E-state index is -0.133. The van der Waals surface area contributed by atoms with Gasteiger partial charge >= 0.3 is 0 Å². The number of nitrogens with zero attached hydrogens (tertiary/aromatic N) is 2. The monoisotopic (exact) mass is 267 g/mol. The van der Waals surface area contributed by atoms with E-state index in [4.69, 9.17) is 16.9 Å². The Morgan fingerprint density at radius 1 is 0.950 bits per heavy atom. The number of nitrogens with one attached hydrogen (secondary N) is 1. The van der Waals surface area contributed by atoms with Gasteiger partial charge in [-0.3, -0.25) is 10.3 Å². The largest absolute Gasteiger partial charge is 0.370 e. The second-order valence-corrected chi connectivity index (χ2v) is 4.26. The SMILES string of the molecule is N=C(N)N(Cc1ccccc1)C(N)=Nc1ccccc1. The molecule has 0 aromatic heterocycles. The average molecular weight is 267 g/mol. The Hall–Kier alpha value is -2.82. The first-order valence-corrected chi connectivity index (χ1v) is 6.21. The van der Waals surface area contributed by atoms with Crippen molar-refractivity contribution in [3.63, 3.8) is 0 Å². The molecule has 0 unspecified atom stereocenters. The molecule has 0 bridgehead atoms. The van der Waals surface area contributed by atoms with Crippen molar-refractivity contribution in [2.45, 2.75) is 6.54 Å². The molecule has 0 radical (unpaired) electrons. The maximum absolute atomic E-state index is 7.64. The van der Waals surface area contributed by atoms with Crippen LogP contribution in [0, 0.1) is 5.41 Å². The van der Waals surface area contributed by atoms with Crippen LogP contribution in [0.1, 0.15) is 5.56 Å². The second kappa shape index (κ2) is 6.38. The van der Waals surface area contributed by atoms with E-state index in [-0.39, 0.29) is 11.9 Å². The Bertz CT molecular complexity index is 592. The molecule has 0 heterocycles. The minimum Gasteiger partial charge on any atom is -0.370 e. The highest BCUT2D eigenvalue weighted by Crippen LogP contribution is 2.11. The summed E-state index contributed by atoms with van der Waals surface area (Å²) in [7, 11) is 0. The Morgan fingerprint density at radius 2 is 1.50 bits per heavy atom. The molecule has 0 saturated heterocycles. The van der Waals surface area contributed by atoms with Crippen LogP contribution in [0.2, 0.25) is 0 Å². The molecule has 2 rings (SSSR count). The number of guanidine groups is 2. The summed E-state index contributed by atoms with van der Waals surface area (Å²) in [6.07, 6.45) is 0. The molecule has 5 heteroatoms. The molecular weight excluding hydrogens is 250 g/mol. The van der Waals surface area contributed by atoms with Gasteiger partial charge in [-0.1, -0.05) is 48.5 Å². The first-order chi connectivity index (χ1) is 9.66. The lowest BCUT2D eigenvalue weighted by atomic mass is 10.2. The van der Waals surface area contributed by atoms with Crippen molar-refractivity contribution in [2.24, 2.45) is 16.5 Å². The molecule has 5 nitrogen and oxygen atoms in total. The first kappa shape index (κ1) is 13.6. The number of aliphatic imine (C=N–C) groups is 1. The van der Waals surface area contributed by atoms with E-state index in [0.29, 0.717) is 6.54 Å². The Morgan fingerprint density at radius 3 is 2.05 bits per heavy atom. The summed E-state index contributed by atoms with van der Waals surface area (Å²) in [5.41, 5.74) is 13.3. The van der Waals surface area contributed by atoms with Gasteiger partial charge in [0.15, 0.2) is 5.96 Å². The Balaban J connectivity index is 2.21. The van der Waals surface area contributed by atoms with Crippen molar-refractivity contribution >= 4 is 17.6 Å². The van der Waals surface area contributed by atoms with Gasteiger partial charge in [-0.15, -0.1) is 0 Å². The van der Waals surface area contributed by atoms with Gasteiger partial charge in [0, 0.05) is 0 Å². The van der Waals surface area contributed by atoms with Crippen molar-refractivity contribution in [2.75, 3.05) is 0 Å². The molecule has 20 heavy (non-hydrogen) atoms. The van der Waals surface area contributed by atoms with Crippen LogP contribution in [0.4, 0.5) is 5.69 Å². The van der Waals surface area contributed by atoms with Crippen LogP contribution >= 0.6 is 0 Å². The van der Waals surface area contributed by atoms with Crippen molar-refractivity contribution in [1.82, 2.24) is 4.90 Å². The number of hydrogen-bond acceptors (Lipinski definition) is 2. The van der Waals surface area contributed by atoms with Crippen LogP contribution in [0.25, 0.3) is 0 Å². The smallest absolute Gasteiger partial charge is 0.203 e. The maximum Gasteiger partial charge on any atom is 0.203 e. The number of benzene rings is 2. The first-order valence-electron chi connectivity index (χ1n) is 6.21. The summed E-state index contributed by atoms with van der Waals surface area (Å²) in [6.45, 7) is 0.415. The summed E-state index contributed by atoms with van der Waals surface area (Å²) in [5, 5.41) is 7.64. The second-order valence-electron chi connectivity index (χ2n) is 4.26. The van der Waals surface area contributed by atoms with E-state index in [1.807, 2.05) is 60.7 Å². The molecule has 0 aliphatic carbocycles. The average Bonchev–Trinajstić information content (AvgIpc) is 2.46. The molecule has 0 atom stereocenters. The van der Waals surface area contributed by atoms with Crippen molar-refractivity contribution in [1.29, 1.82) is 5.41 Å². The summed E-state index contributed by atoms with van der Waals surface area (Å²) in [4.78, 5) is 5.74. The van der Waals surface area contributed by atoms with E-state index >= 15 is 0 Å². The van der Waals surface area contributed by atoms with Crippen LogP contribution in [0.3, 0.4) is 0 Å². The number of nitrogens with two attached hydrogens (primary N) is 2. The molecule has 2 aromatic carbocycles. The Labute approximate surface area is 118 Å². The van der Waals surface area contributed by atoms with Crippen LogP contribution in [-0.4, -0.2) is 16.8 Å². The molecular formula is C15H17N5. The van der Waals surface area contributed by atoms with E-state index in [1.54, 1.807) is 0 Å². The number of rotatable bonds is 3. The van der Waals surface area contributed by atoms with Gasteiger partial charge in [-0.25, -0.2) is 4.99 Å². The third kappa shape index (κ3) is 3.58. The maximum atomic E-state index is 7.64. The number of para-hydroxylation sites is 1. The zero-order chi connectivity index (χ0) is 14.4. The minimum absolute atomic E-state index is 0.133. The zero-order valence-electron chi connectivity index (χ0n) is 11.0. The lowest BCUT2D eigenvalue weighted by molar-refractivity contribution is 0.586. The van der Waals surface area contributed by atoms with Gasteiger partial charge < -0.3 is 11.5 Å². The lowest BCUT2D eigenvalue weighted by Crippen LogP contribution is -2.44. The van der Waals surface area contributed by atoms with Crippen LogP contribution in [0.5, 0.6) is 0 Å². The van der Waals surface area contributed by atoms with Gasteiger partial charge in [0.2, 0.25) is 5.96 Å². The standard InChI is InChI=1S/C15H17N5/c16-14(17)20(11-12-7-3-1-4-8-12)15(18)19-13-9-5-2-6-10-13/h1-10H,11H2,(H3,16,17)(H2,18,19). The quantitative estimate of drug-likeness (QED) is 0.587. The zero-order valence-corrected chi connectivity index (χ0v) is 11.0. The Kier molecular flexibility index (Phi) is 4.34. The fraction of sp³-hybridized carbons (Fsp3) is 0.0667. The molecule has 0 spiro atoms. The summed E-state index contributed by atoms with van der Waals surface area (Å²) < 4.78 is 0. The normalized spacial score (nSPS) is 11.1. The van der Waals surface area contributed by atoms with Gasteiger partial charge in [0.25, 0.3) is 0 Å². The van der Waals surface area contributed by atoms with Gasteiger partial charge in [-0.05, 0) is 17.7 Å². The highest BCUT2D eigenvalue weighted by molar-refractivity contribution is 5.96. The summed E-state index contributed by atoms with van der Waals surface area (Å²) in [6, 6.07) is 19.0. The highest BCUT2D eigenvalue weighted by atomic mass is 15.3. The van der Waals surface area contributed by atoms with Gasteiger partial charge in [0.1, 0.15) is 0 Å². The molecule has 0 aliphatic heterocycles. The van der Waals surface area contributed by atoms with Crippen LogP contribution in [-0.2, 0) is 6.54 Å². The van der Waals surface area contributed by atoms with E-state index in [2.05, 4.69) is 4.99 Å². The van der Waals surface area contributed by atoms with E-state index in [0.717, 1.165) is 11.3 Å². The highest BCUT2D eigenvalue weighted by Gasteiger charge is 2.11. The van der Waals surface area contributed by atoms with Crippen molar-refractivity contribution in [3.8, 4) is 0 Å². The summed E-state index contributed by atoms with van der Waals surface area (Å²) >= 11 is 0. The summed E-state index contributed by atoms with van der Waals surface area (Å²) in [5.74, 6) is 0.0681. The third-order valence-corrected chi connectivity index (χ3v) is 2.75. The van der Waals surface area contributed by atoms with Gasteiger partial charge in [0.05, 0.1) is 12.2 Å². The number of hydrogen-bond donors (Lipinski definition) is 3. The van der Waals surface area contributed by atoms with Crippen molar-refractivity contribution in [3.05, 3.63) is 66.2 Å². The van der Waals surface area contributed by atoms with E-state index < -0.39 is 0 Å². The fourth-order valence-electron chi connectivity index (χ4n) is 1.75. The predicted molar refractivity (Wildman–Crippen MR) is 81.6 cm³/mol. The molecule has 0 aliphatic rings. The molecule has 0 amide bonds. The third-order valence-electron chi connectivity index (χ3n) is 2.75. The molecule has 5 N–H and O–H groups in total. The molecule has 0 fully saturated rings. The lowest BCUT2D eigenvalue weighted by Gasteiger charge is -2.21. The molecule has 2 aromatic rings. The topological polar surface area (TPSA) is 91.5 Å².